The molecule has 0 radical (unpaired) electrons. The van der Waals surface area contributed by atoms with E-state index in [2.05, 4.69) is 160 Å². The van der Waals surface area contributed by atoms with Crippen LogP contribution in [-0.4, -0.2) is 4.98 Å². The molecule has 0 fully saturated rings. The van der Waals surface area contributed by atoms with E-state index in [0.29, 0.717) is 5.92 Å². The van der Waals surface area contributed by atoms with E-state index in [1.54, 1.807) is 5.57 Å². The van der Waals surface area contributed by atoms with Gasteiger partial charge in [-0.25, -0.2) is 4.98 Å². The maximum atomic E-state index is 5.34. The third-order valence-electron chi connectivity index (χ3n) is 12.3. The van der Waals surface area contributed by atoms with E-state index in [4.69, 9.17) is 4.98 Å². The normalized spacial score (nSPS) is 19.3. The van der Waals surface area contributed by atoms with E-state index >= 15 is 0 Å². The van der Waals surface area contributed by atoms with Gasteiger partial charge in [0.15, 0.2) is 0 Å². The van der Waals surface area contributed by atoms with Gasteiger partial charge in [-0.15, -0.1) is 0 Å². The van der Waals surface area contributed by atoms with E-state index < -0.39 is 0 Å². The first-order chi connectivity index (χ1) is 25.5. The molecular weight excluding hydrogens is 627 g/mol. The highest BCUT2D eigenvalue weighted by Gasteiger charge is 2.42. The number of fused-ring (bicyclic) bond motifs is 5. The monoisotopic (exact) mass is 669 g/mol. The van der Waals surface area contributed by atoms with Crippen LogP contribution in [0, 0.1) is 0 Å². The maximum absolute atomic E-state index is 5.34. The number of allylic oxidation sites excluding steroid dienone is 12. The van der Waals surface area contributed by atoms with E-state index in [0.717, 1.165) is 48.2 Å². The average Bonchev–Trinajstić information content (AvgIpc) is 3.69. The Balaban J connectivity index is 1.02. The third-order valence-corrected chi connectivity index (χ3v) is 12.3. The molecule has 1 heteroatoms. The van der Waals surface area contributed by atoms with Crippen molar-refractivity contribution in [2.75, 3.05) is 0 Å². The molecule has 1 nitrogen and oxygen atoms in total. The Morgan fingerprint density at radius 3 is 2.15 bits per heavy atom. The lowest BCUT2D eigenvalue weighted by Gasteiger charge is -2.27. The Morgan fingerprint density at radius 1 is 0.673 bits per heavy atom. The van der Waals surface area contributed by atoms with Gasteiger partial charge < -0.3 is 0 Å². The second kappa shape index (κ2) is 12.3. The van der Waals surface area contributed by atoms with Crippen LogP contribution in [-0.2, 0) is 11.8 Å². The lowest BCUT2D eigenvalue weighted by molar-refractivity contribution is 0.613. The van der Waals surface area contributed by atoms with Gasteiger partial charge in [0.25, 0.3) is 0 Å². The molecule has 0 bridgehead atoms. The molecule has 0 amide bonds. The minimum atomic E-state index is 0.0117. The van der Waals surface area contributed by atoms with Crippen LogP contribution in [0.25, 0.3) is 50.4 Å². The number of rotatable bonds is 5. The van der Waals surface area contributed by atoms with Crippen LogP contribution < -0.4 is 0 Å². The predicted molar refractivity (Wildman–Crippen MR) is 219 cm³/mol. The minimum absolute atomic E-state index is 0.0117. The molecule has 1 aromatic heterocycles. The SMILES string of the molecule is CC1(C)C2=CC(c3cc(-c4ccc(C5=CC=CCC5)cc4)nc(-c4ccc(-c5ccc6c(c5)CC5=C6C=CCC5)cc4)c3)=CCC2c2ccccc21. The van der Waals surface area contributed by atoms with Crippen LogP contribution in [0.3, 0.4) is 0 Å². The van der Waals surface area contributed by atoms with Crippen molar-refractivity contribution in [3.8, 4) is 33.6 Å². The molecule has 10 rings (SSSR count). The van der Waals surface area contributed by atoms with Gasteiger partial charge in [0.2, 0.25) is 0 Å². The smallest absolute Gasteiger partial charge is 0.0715 e. The highest BCUT2D eigenvalue weighted by atomic mass is 14.7. The average molecular weight is 670 g/mol. The molecule has 0 aliphatic heterocycles. The summed E-state index contributed by atoms with van der Waals surface area (Å²) in [6.45, 7) is 4.79. The van der Waals surface area contributed by atoms with Crippen LogP contribution in [0.15, 0.2) is 157 Å². The van der Waals surface area contributed by atoms with Crippen molar-refractivity contribution >= 4 is 16.7 Å². The Kier molecular flexibility index (Phi) is 7.39. The molecule has 0 saturated heterocycles. The first kappa shape index (κ1) is 31.2. The number of hydrogen-bond donors (Lipinski definition) is 0. The molecule has 1 atom stereocenters. The van der Waals surface area contributed by atoms with Crippen molar-refractivity contribution in [3.05, 3.63) is 190 Å². The zero-order chi connectivity index (χ0) is 34.8. The molecule has 1 unspecified atom stereocenters. The third kappa shape index (κ3) is 5.25. The molecule has 5 aliphatic rings. The second-order valence-electron chi connectivity index (χ2n) is 15.7. The summed E-state index contributed by atoms with van der Waals surface area (Å²) < 4.78 is 0. The second-order valence-corrected chi connectivity index (χ2v) is 15.7. The van der Waals surface area contributed by atoms with Crippen LogP contribution >= 0.6 is 0 Å². The predicted octanol–water partition coefficient (Wildman–Crippen LogP) is 13.3. The van der Waals surface area contributed by atoms with Gasteiger partial charge in [0.1, 0.15) is 0 Å². The first-order valence-corrected chi connectivity index (χ1v) is 19.1. The quantitative estimate of drug-likeness (QED) is 0.181. The summed E-state index contributed by atoms with van der Waals surface area (Å²) in [5.74, 6) is 0.455. The maximum Gasteiger partial charge on any atom is 0.0715 e. The molecule has 52 heavy (non-hydrogen) atoms. The Morgan fingerprint density at radius 2 is 1.38 bits per heavy atom. The molecule has 0 spiro atoms. The molecule has 0 N–H and O–H groups in total. The molecule has 0 saturated carbocycles. The van der Waals surface area contributed by atoms with E-state index in [-0.39, 0.29) is 5.41 Å². The van der Waals surface area contributed by atoms with Crippen molar-refractivity contribution in [1.29, 1.82) is 0 Å². The van der Waals surface area contributed by atoms with Crippen molar-refractivity contribution in [2.24, 2.45) is 0 Å². The van der Waals surface area contributed by atoms with Crippen molar-refractivity contribution in [3.63, 3.8) is 0 Å². The van der Waals surface area contributed by atoms with E-state index in [9.17, 15) is 0 Å². The van der Waals surface area contributed by atoms with Gasteiger partial charge in [-0.2, -0.15) is 0 Å². The standard InChI is InChI=1S/C51H43N/c1-51(2)47-15-9-8-14-45(47)46-27-25-39(30-48(46)51)41-31-49(36-20-16-34(17-21-36)33-10-4-3-5-11-33)52-50(32-41)37-22-18-35(19-23-37)38-24-26-44-42(28-38)29-40-12-6-7-13-43(40)44/h3-4,7-10,13-26,28,30-32,46H,5-6,11-12,27,29H2,1-2H3. The van der Waals surface area contributed by atoms with Crippen molar-refractivity contribution < 1.29 is 0 Å². The number of benzene rings is 4. The summed E-state index contributed by atoms with van der Waals surface area (Å²) in [7, 11) is 0. The largest absolute Gasteiger partial charge is 0.248 e. The van der Waals surface area contributed by atoms with Gasteiger partial charge in [0, 0.05) is 22.5 Å². The van der Waals surface area contributed by atoms with Crippen LogP contribution in [0.5, 0.6) is 0 Å². The van der Waals surface area contributed by atoms with Gasteiger partial charge in [0.05, 0.1) is 11.4 Å². The highest BCUT2D eigenvalue weighted by Crippen LogP contribution is 2.54. The summed E-state index contributed by atoms with van der Waals surface area (Å²) in [5.41, 5.74) is 22.5. The summed E-state index contributed by atoms with van der Waals surface area (Å²) >= 11 is 0. The van der Waals surface area contributed by atoms with Crippen LogP contribution in [0.2, 0.25) is 0 Å². The fraction of sp³-hybridized carbons (Fsp3) is 0.196. The topological polar surface area (TPSA) is 12.9 Å². The fourth-order valence-corrected chi connectivity index (χ4v) is 9.45. The lowest BCUT2D eigenvalue weighted by atomic mass is 9.77. The van der Waals surface area contributed by atoms with Gasteiger partial charge in [-0.1, -0.05) is 159 Å². The highest BCUT2D eigenvalue weighted by molar-refractivity contribution is 5.86. The molecular formula is C51H43N. The Labute approximate surface area is 308 Å². The van der Waals surface area contributed by atoms with Gasteiger partial charge in [-0.05, 0) is 112 Å². The van der Waals surface area contributed by atoms with Crippen molar-refractivity contribution in [2.45, 2.75) is 63.7 Å². The van der Waals surface area contributed by atoms with Crippen LogP contribution in [0.4, 0.5) is 0 Å². The molecule has 5 aromatic rings. The number of nitrogens with zero attached hydrogens (tertiary/aromatic N) is 1. The molecule has 252 valence electrons. The van der Waals surface area contributed by atoms with Crippen LogP contribution in [0.1, 0.15) is 85.3 Å². The van der Waals surface area contributed by atoms with Gasteiger partial charge in [-0.3, -0.25) is 0 Å². The van der Waals surface area contributed by atoms with E-state index in [1.165, 1.54) is 79.6 Å². The number of pyridine rings is 1. The lowest BCUT2D eigenvalue weighted by Crippen LogP contribution is -2.17. The Bertz CT molecular complexity index is 2450. The zero-order valence-corrected chi connectivity index (χ0v) is 30.1. The first-order valence-electron chi connectivity index (χ1n) is 19.1. The van der Waals surface area contributed by atoms with Crippen molar-refractivity contribution in [1.82, 2.24) is 4.98 Å². The zero-order valence-electron chi connectivity index (χ0n) is 30.1. The van der Waals surface area contributed by atoms with E-state index in [1.807, 2.05) is 0 Å². The molecule has 1 heterocycles. The van der Waals surface area contributed by atoms with Gasteiger partial charge >= 0.3 is 0 Å². The molecule has 4 aromatic carbocycles. The summed E-state index contributed by atoms with van der Waals surface area (Å²) in [4.78, 5) is 5.34. The minimum Gasteiger partial charge on any atom is -0.248 e. The molecule has 5 aliphatic carbocycles. The Hall–Kier alpha value is -5.53. The number of aromatic nitrogens is 1. The summed E-state index contributed by atoms with van der Waals surface area (Å²) in [6, 6.07) is 38.8. The fourth-order valence-electron chi connectivity index (χ4n) is 9.45. The summed E-state index contributed by atoms with van der Waals surface area (Å²) in [5, 5.41) is 0. The number of hydrogen-bond acceptors (Lipinski definition) is 1. The summed E-state index contributed by atoms with van der Waals surface area (Å²) in [6.07, 6.45) is 23.0.